The maximum absolute atomic E-state index is 12.9. The van der Waals surface area contributed by atoms with E-state index in [9.17, 15) is 13.2 Å². The molecule has 1 aromatic rings. The molecule has 0 bridgehead atoms. The third-order valence-electron chi connectivity index (χ3n) is 4.67. The Balaban J connectivity index is 2.20. The second-order valence-corrected chi connectivity index (χ2v) is 8.40. The molecule has 2 atom stereocenters. The third-order valence-corrected chi connectivity index (χ3v) is 6.55. The van der Waals surface area contributed by atoms with Crippen LogP contribution in [0.1, 0.15) is 25.3 Å². The van der Waals surface area contributed by atoms with Gasteiger partial charge in [0.25, 0.3) is 0 Å². The summed E-state index contributed by atoms with van der Waals surface area (Å²) in [6, 6.07) is 6.88. The van der Waals surface area contributed by atoms with Gasteiger partial charge in [-0.1, -0.05) is 29.8 Å². The first kappa shape index (κ1) is 18.7. The number of benzene rings is 1. The van der Waals surface area contributed by atoms with Gasteiger partial charge in [-0.05, 0) is 44.2 Å². The molecule has 0 radical (unpaired) electrons. The summed E-state index contributed by atoms with van der Waals surface area (Å²) in [7, 11) is -2.16. The predicted molar refractivity (Wildman–Crippen MR) is 93.0 cm³/mol. The highest BCUT2D eigenvalue weighted by Crippen LogP contribution is 2.34. The molecule has 2 rings (SSSR count). The lowest BCUT2D eigenvalue weighted by atomic mass is 9.80. The number of piperidine rings is 1. The van der Waals surface area contributed by atoms with Crippen molar-refractivity contribution >= 4 is 16.0 Å². The minimum absolute atomic E-state index is 0.0435. The first-order chi connectivity index (χ1) is 11.3. The minimum Gasteiger partial charge on any atom is -0.469 e. The Morgan fingerprint density at radius 3 is 2.50 bits per heavy atom. The topological polar surface area (TPSA) is 63.7 Å². The molecule has 6 heteroatoms. The number of nitrogens with zero attached hydrogens (tertiary/aromatic N) is 1. The average molecular weight is 351 g/mol. The van der Waals surface area contributed by atoms with E-state index in [1.807, 2.05) is 13.8 Å². The molecule has 1 saturated heterocycles. The maximum Gasteiger partial charge on any atom is 0.305 e. The summed E-state index contributed by atoms with van der Waals surface area (Å²) in [5, 5.41) is 0. The molecule has 0 unspecified atom stereocenters. The summed E-state index contributed by atoms with van der Waals surface area (Å²) in [4.78, 5) is 11.9. The molecule has 1 aromatic carbocycles. The van der Waals surface area contributed by atoms with E-state index in [1.54, 1.807) is 24.3 Å². The summed E-state index contributed by atoms with van der Waals surface area (Å²) in [5.41, 5.74) is 1.92. The van der Waals surface area contributed by atoms with E-state index in [4.69, 9.17) is 4.74 Å². The van der Waals surface area contributed by atoms with Gasteiger partial charge in [-0.25, -0.2) is 8.42 Å². The summed E-state index contributed by atoms with van der Waals surface area (Å²) < 4.78 is 32.0. The van der Waals surface area contributed by atoms with Crippen molar-refractivity contribution in [2.45, 2.75) is 31.6 Å². The molecule has 5 nitrogen and oxygen atoms in total. The van der Waals surface area contributed by atoms with E-state index in [1.165, 1.54) is 11.4 Å². The van der Waals surface area contributed by atoms with Gasteiger partial charge in [-0.15, -0.1) is 0 Å². The van der Waals surface area contributed by atoms with Crippen LogP contribution in [0.2, 0.25) is 0 Å². The molecule has 0 aromatic heterocycles. The SMILES string of the molecule is C=C(C)[C@H]1CN(S(=O)(=O)c2ccc(C)cc2)CC[C@@H]1CC(=O)OC. The van der Waals surface area contributed by atoms with E-state index in [-0.39, 0.29) is 17.8 Å². The standard InChI is InChI=1S/C18H25NO4S/c1-13(2)17-12-19(10-9-15(17)11-18(20)23-4)24(21,22)16-7-5-14(3)6-8-16/h5-8,15,17H,1,9-12H2,2-4H3/t15-,17-/m1/s1. The second kappa shape index (κ2) is 7.49. The molecule has 0 saturated carbocycles. The number of methoxy groups -OCH3 is 1. The third kappa shape index (κ3) is 4.05. The van der Waals surface area contributed by atoms with E-state index in [0.717, 1.165) is 11.1 Å². The Labute approximate surface area is 144 Å². The first-order valence-electron chi connectivity index (χ1n) is 8.04. The van der Waals surface area contributed by atoms with Crippen molar-refractivity contribution in [2.24, 2.45) is 11.8 Å². The van der Waals surface area contributed by atoms with E-state index < -0.39 is 10.0 Å². The lowest BCUT2D eigenvalue weighted by Gasteiger charge is -2.38. The molecule has 24 heavy (non-hydrogen) atoms. The summed E-state index contributed by atoms with van der Waals surface area (Å²) in [6.07, 6.45) is 0.921. The average Bonchev–Trinajstić information content (AvgIpc) is 2.55. The normalized spacial score (nSPS) is 22.1. The maximum atomic E-state index is 12.9. The molecule has 1 heterocycles. The van der Waals surface area contributed by atoms with Crippen molar-refractivity contribution < 1.29 is 17.9 Å². The lowest BCUT2D eigenvalue weighted by molar-refractivity contribution is -0.142. The van der Waals surface area contributed by atoms with E-state index in [0.29, 0.717) is 30.8 Å². The van der Waals surface area contributed by atoms with Crippen LogP contribution in [-0.2, 0) is 19.6 Å². The van der Waals surface area contributed by atoms with Crippen LogP contribution in [0.25, 0.3) is 0 Å². The number of ether oxygens (including phenoxy) is 1. The van der Waals surface area contributed by atoms with Gasteiger partial charge in [-0.2, -0.15) is 4.31 Å². The smallest absolute Gasteiger partial charge is 0.305 e. The predicted octanol–water partition coefficient (Wildman–Crippen LogP) is 2.76. The van der Waals surface area contributed by atoms with Crippen LogP contribution in [0.5, 0.6) is 0 Å². The highest BCUT2D eigenvalue weighted by Gasteiger charge is 2.36. The van der Waals surface area contributed by atoms with Crippen LogP contribution in [-0.4, -0.2) is 38.9 Å². The summed E-state index contributed by atoms with van der Waals surface area (Å²) >= 11 is 0. The zero-order chi connectivity index (χ0) is 17.9. The van der Waals surface area contributed by atoms with Crippen molar-refractivity contribution in [2.75, 3.05) is 20.2 Å². The first-order valence-corrected chi connectivity index (χ1v) is 9.48. The molecule has 0 N–H and O–H groups in total. The zero-order valence-corrected chi connectivity index (χ0v) is 15.3. The quantitative estimate of drug-likeness (QED) is 0.604. The number of hydrogen-bond donors (Lipinski definition) is 0. The van der Waals surface area contributed by atoms with Crippen molar-refractivity contribution in [1.82, 2.24) is 4.31 Å². The fourth-order valence-corrected chi connectivity index (χ4v) is 4.63. The van der Waals surface area contributed by atoms with Crippen molar-refractivity contribution in [1.29, 1.82) is 0 Å². The number of hydrogen-bond acceptors (Lipinski definition) is 4. The second-order valence-electron chi connectivity index (χ2n) is 6.46. The van der Waals surface area contributed by atoms with Crippen molar-refractivity contribution in [3.05, 3.63) is 42.0 Å². The number of rotatable bonds is 5. The van der Waals surface area contributed by atoms with Gasteiger partial charge in [-0.3, -0.25) is 4.79 Å². The Kier molecular flexibility index (Phi) is 5.83. The number of carbonyl (C=O) groups excluding carboxylic acids is 1. The van der Waals surface area contributed by atoms with Gasteiger partial charge in [0.05, 0.1) is 12.0 Å². The zero-order valence-electron chi connectivity index (χ0n) is 14.5. The molecule has 1 aliphatic rings. The van der Waals surface area contributed by atoms with E-state index >= 15 is 0 Å². The van der Waals surface area contributed by atoms with Gasteiger partial charge in [0.15, 0.2) is 0 Å². The number of aryl methyl sites for hydroxylation is 1. The van der Waals surface area contributed by atoms with Crippen molar-refractivity contribution in [3.8, 4) is 0 Å². The Bertz CT molecular complexity index is 709. The molecule has 1 fully saturated rings. The molecule has 132 valence electrons. The molecule has 1 aliphatic heterocycles. The fourth-order valence-electron chi connectivity index (χ4n) is 3.15. The van der Waals surface area contributed by atoms with Crippen LogP contribution in [0, 0.1) is 18.8 Å². The van der Waals surface area contributed by atoms with Crippen LogP contribution in [0.4, 0.5) is 0 Å². The van der Waals surface area contributed by atoms with Gasteiger partial charge in [0.2, 0.25) is 10.0 Å². The molecular formula is C18H25NO4S. The Hall–Kier alpha value is -1.66. The highest BCUT2D eigenvalue weighted by atomic mass is 32.2. The number of sulfonamides is 1. The van der Waals surface area contributed by atoms with Gasteiger partial charge < -0.3 is 4.74 Å². The molecular weight excluding hydrogens is 326 g/mol. The van der Waals surface area contributed by atoms with Gasteiger partial charge >= 0.3 is 5.97 Å². The Morgan fingerprint density at radius 2 is 1.96 bits per heavy atom. The number of carbonyl (C=O) groups is 1. The fraction of sp³-hybridized carbons (Fsp3) is 0.500. The van der Waals surface area contributed by atoms with Crippen molar-refractivity contribution in [3.63, 3.8) is 0 Å². The Morgan fingerprint density at radius 1 is 1.33 bits per heavy atom. The minimum atomic E-state index is -3.53. The lowest BCUT2D eigenvalue weighted by Crippen LogP contribution is -2.44. The highest BCUT2D eigenvalue weighted by molar-refractivity contribution is 7.89. The largest absolute Gasteiger partial charge is 0.469 e. The van der Waals surface area contributed by atoms with Crippen LogP contribution in [0.15, 0.2) is 41.3 Å². The van der Waals surface area contributed by atoms with E-state index in [2.05, 4.69) is 6.58 Å². The number of esters is 1. The monoisotopic (exact) mass is 351 g/mol. The van der Waals surface area contributed by atoms with Crippen LogP contribution < -0.4 is 0 Å². The molecule has 0 aliphatic carbocycles. The van der Waals surface area contributed by atoms with Crippen LogP contribution in [0.3, 0.4) is 0 Å². The van der Waals surface area contributed by atoms with Crippen LogP contribution >= 0.6 is 0 Å². The summed E-state index contributed by atoms with van der Waals surface area (Å²) in [6.45, 7) is 8.56. The molecule has 0 spiro atoms. The molecule has 0 amide bonds. The van der Waals surface area contributed by atoms with Gasteiger partial charge in [0.1, 0.15) is 0 Å². The summed E-state index contributed by atoms with van der Waals surface area (Å²) in [5.74, 6) is -0.237. The van der Waals surface area contributed by atoms with Gasteiger partial charge in [0, 0.05) is 19.5 Å².